The van der Waals surface area contributed by atoms with Crippen molar-refractivity contribution in [1.82, 2.24) is 9.97 Å². The van der Waals surface area contributed by atoms with Crippen LogP contribution in [0.1, 0.15) is 0 Å². The second kappa shape index (κ2) is 7.91. The molecular formula is C28H19N3S. The van der Waals surface area contributed by atoms with Crippen LogP contribution in [0.2, 0.25) is 0 Å². The summed E-state index contributed by atoms with van der Waals surface area (Å²) in [6.45, 7) is 0. The monoisotopic (exact) mass is 429 g/mol. The molecular weight excluding hydrogens is 410 g/mol. The molecule has 4 aromatic carbocycles. The first-order valence-corrected chi connectivity index (χ1v) is 11.4. The van der Waals surface area contributed by atoms with E-state index in [9.17, 15) is 0 Å². The summed E-state index contributed by atoms with van der Waals surface area (Å²) in [6, 6.07) is 33.8. The summed E-state index contributed by atoms with van der Waals surface area (Å²) in [5.41, 5.74) is 5.77. The zero-order chi connectivity index (χ0) is 21.3. The molecule has 0 aliphatic heterocycles. The van der Waals surface area contributed by atoms with Crippen molar-refractivity contribution in [3.63, 3.8) is 0 Å². The number of hydrogen-bond acceptors (Lipinski definition) is 4. The van der Waals surface area contributed by atoms with Crippen molar-refractivity contribution in [3.05, 3.63) is 109 Å². The molecule has 0 atom stereocenters. The Morgan fingerprint density at radius 2 is 1.34 bits per heavy atom. The van der Waals surface area contributed by atoms with E-state index >= 15 is 0 Å². The maximum atomic E-state index is 4.62. The van der Waals surface area contributed by atoms with E-state index in [1.54, 1.807) is 17.7 Å². The summed E-state index contributed by atoms with van der Waals surface area (Å²) >= 11 is 1.65. The molecule has 0 saturated carbocycles. The molecule has 0 aliphatic rings. The summed E-state index contributed by atoms with van der Waals surface area (Å²) in [6.07, 6.45) is 1.63. The molecule has 0 spiro atoms. The van der Waals surface area contributed by atoms with Gasteiger partial charge in [0, 0.05) is 22.0 Å². The fourth-order valence-corrected chi connectivity index (χ4v) is 5.03. The quantitative estimate of drug-likeness (QED) is 0.309. The van der Waals surface area contributed by atoms with Gasteiger partial charge in [0.1, 0.15) is 17.0 Å². The van der Waals surface area contributed by atoms with Gasteiger partial charge in [0.15, 0.2) is 0 Å². The van der Waals surface area contributed by atoms with Crippen molar-refractivity contribution in [1.29, 1.82) is 0 Å². The average Bonchev–Trinajstić information content (AvgIpc) is 3.30. The number of anilines is 2. The number of rotatable bonds is 4. The smallest absolute Gasteiger partial charge is 0.143 e. The Balaban J connectivity index is 1.43. The van der Waals surface area contributed by atoms with Crippen LogP contribution in [0, 0.1) is 0 Å². The zero-order valence-corrected chi connectivity index (χ0v) is 18.0. The van der Waals surface area contributed by atoms with Gasteiger partial charge in [-0.1, -0.05) is 91.0 Å². The number of nitrogens with one attached hydrogen (secondary N) is 1. The highest BCUT2D eigenvalue weighted by Gasteiger charge is 2.14. The lowest BCUT2D eigenvalue weighted by molar-refractivity contribution is 1.23. The Bertz CT molecular complexity index is 1530. The molecule has 6 aromatic rings. The van der Waals surface area contributed by atoms with Crippen molar-refractivity contribution in [2.45, 2.75) is 0 Å². The van der Waals surface area contributed by atoms with Crippen LogP contribution in [0.15, 0.2) is 109 Å². The molecule has 1 N–H and O–H groups in total. The molecule has 0 saturated heterocycles. The molecule has 2 heterocycles. The van der Waals surface area contributed by atoms with Gasteiger partial charge in [0.25, 0.3) is 0 Å². The number of fused-ring (bicyclic) bond motifs is 2. The van der Waals surface area contributed by atoms with E-state index in [0.717, 1.165) is 32.8 Å². The average molecular weight is 430 g/mol. The third-order valence-electron chi connectivity index (χ3n) is 5.72. The van der Waals surface area contributed by atoms with Gasteiger partial charge in [-0.3, -0.25) is 0 Å². The molecule has 32 heavy (non-hydrogen) atoms. The second-order valence-electron chi connectivity index (χ2n) is 7.65. The molecule has 0 radical (unpaired) electrons. The highest BCUT2D eigenvalue weighted by molar-refractivity contribution is 7.17. The lowest BCUT2D eigenvalue weighted by Gasteiger charge is -2.11. The molecule has 2 aromatic heterocycles. The SMILES string of the molecule is c1ccc(-c2ccc(-c3csc4ncnc(Nc5cccc6ccccc56)c34)cc2)cc1. The lowest BCUT2D eigenvalue weighted by atomic mass is 10.0. The molecule has 3 nitrogen and oxygen atoms in total. The fraction of sp³-hybridized carbons (Fsp3) is 0. The first-order valence-electron chi connectivity index (χ1n) is 10.5. The molecule has 152 valence electrons. The predicted molar refractivity (Wildman–Crippen MR) is 136 cm³/mol. The van der Waals surface area contributed by atoms with Gasteiger partial charge >= 0.3 is 0 Å². The van der Waals surface area contributed by atoms with Crippen LogP contribution >= 0.6 is 11.3 Å². The van der Waals surface area contributed by atoms with E-state index in [1.807, 2.05) is 6.07 Å². The Labute approximate surface area is 190 Å². The van der Waals surface area contributed by atoms with Crippen LogP contribution in [0.25, 0.3) is 43.2 Å². The van der Waals surface area contributed by atoms with Gasteiger partial charge in [-0.25, -0.2) is 9.97 Å². The third kappa shape index (κ3) is 3.31. The molecule has 0 amide bonds. The second-order valence-corrected chi connectivity index (χ2v) is 8.50. The van der Waals surface area contributed by atoms with E-state index in [2.05, 4.69) is 112 Å². The Morgan fingerprint density at radius 1 is 0.625 bits per heavy atom. The number of benzene rings is 4. The number of aromatic nitrogens is 2. The fourth-order valence-electron chi connectivity index (χ4n) is 4.12. The number of thiophene rings is 1. The summed E-state index contributed by atoms with van der Waals surface area (Å²) in [5.74, 6) is 0.828. The highest BCUT2D eigenvalue weighted by atomic mass is 32.1. The van der Waals surface area contributed by atoms with Gasteiger partial charge < -0.3 is 5.32 Å². The predicted octanol–water partition coefficient (Wildman–Crippen LogP) is 7.92. The van der Waals surface area contributed by atoms with E-state index < -0.39 is 0 Å². The van der Waals surface area contributed by atoms with Crippen LogP contribution in [-0.2, 0) is 0 Å². The normalized spacial score (nSPS) is 11.1. The van der Waals surface area contributed by atoms with Crippen LogP contribution in [0.3, 0.4) is 0 Å². The number of nitrogens with zero attached hydrogens (tertiary/aromatic N) is 2. The topological polar surface area (TPSA) is 37.8 Å². The van der Waals surface area contributed by atoms with Crippen molar-refractivity contribution < 1.29 is 0 Å². The molecule has 0 aliphatic carbocycles. The molecule has 0 unspecified atom stereocenters. The van der Waals surface area contributed by atoms with Gasteiger partial charge in [-0.15, -0.1) is 11.3 Å². The van der Waals surface area contributed by atoms with Gasteiger partial charge in [0.05, 0.1) is 5.39 Å². The van der Waals surface area contributed by atoms with Crippen LogP contribution in [-0.4, -0.2) is 9.97 Å². The van der Waals surface area contributed by atoms with Crippen molar-refractivity contribution >= 4 is 43.8 Å². The molecule has 6 rings (SSSR count). The first-order chi connectivity index (χ1) is 15.9. The minimum absolute atomic E-state index is 0.828. The van der Waals surface area contributed by atoms with Gasteiger partial charge in [0.2, 0.25) is 0 Å². The Kier molecular flexibility index (Phi) is 4.63. The van der Waals surface area contributed by atoms with Crippen LogP contribution in [0.4, 0.5) is 11.5 Å². The van der Waals surface area contributed by atoms with Crippen molar-refractivity contribution in [2.75, 3.05) is 5.32 Å². The standard InChI is InChI=1S/C28H19N3S/c1-2-7-19(8-3-1)20-13-15-22(16-14-20)24-17-32-28-26(24)27(29-18-30-28)31-25-12-6-10-21-9-4-5-11-23(21)25/h1-18H,(H,29,30,31). The van der Waals surface area contributed by atoms with Gasteiger partial charge in [-0.2, -0.15) is 0 Å². The Morgan fingerprint density at radius 3 is 2.22 bits per heavy atom. The largest absolute Gasteiger partial charge is 0.339 e. The first kappa shape index (κ1) is 18.7. The van der Waals surface area contributed by atoms with E-state index in [0.29, 0.717) is 0 Å². The molecule has 0 bridgehead atoms. The van der Waals surface area contributed by atoms with E-state index in [1.165, 1.54) is 21.9 Å². The van der Waals surface area contributed by atoms with Crippen molar-refractivity contribution in [2.24, 2.45) is 0 Å². The van der Waals surface area contributed by atoms with E-state index in [-0.39, 0.29) is 0 Å². The lowest BCUT2D eigenvalue weighted by Crippen LogP contribution is -1.96. The maximum Gasteiger partial charge on any atom is 0.143 e. The minimum Gasteiger partial charge on any atom is -0.339 e. The summed E-state index contributed by atoms with van der Waals surface area (Å²) in [5, 5.41) is 9.18. The number of hydrogen-bond donors (Lipinski definition) is 1. The minimum atomic E-state index is 0.828. The van der Waals surface area contributed by atoms with Crippen molar-refractivity contribution in [3.8, 4) is 22.3 Å². The summed E-state index contributed by atoms with van der Waals surface area (Å²) in [7, 11) is 0. The van der Waals surface area contributed by atoms with E-state index in [4.69, 9.17) is 0 Å². The van der Waals surface area contributed by atoms with Crippen LogP contribution in [0.5, 0.6) is 0 Å². The molecule has 4 heteroatoms. The highest BCUT2D eigenvalue weighted by Crippen LogP contribution is 2.38. The third-order valence-corrected chi connectivity index (χ3v) is 6.60. The van der Waals surface area contributed by atoms with Gasteiger partial charge in [-0.05, 0) is 28.1 Å². The van der Waals surface area contributed by atoms with Crippen LogP contribution < -0.4 is 5.32 Å². The maximum absolute atomic E-state index is 4.62. The molecule has 0 fully saturated rings. The summed E-state index contributed by atoms with van der Waals surface area (Å²) < 4.78 is 0. The summed E-state index contributed by atoms with van der Waals surface area (Å²) in [4.78, 5) is 10.1. The zero-order valence-electron chi connectivity index (χ0n) is 17.2. The Hall–Kier alpha value is -4.02.